The van der Waals surface area contributed by atoms with Crippen molar-refractivity contribution in [2.75, 3.05) is 5.32 Å². The average molecular weight is 441 g/mol. The first-order chi connectivity index (χ1) is 16.0. The number of anilines is 1. The fraction of sp³-hybridized carbons (Fsp3) is 0. The highest BCUT2D eigenvalue weighted by atomic mass is 16.6. The summed E-state index contributed by atoms with van der Waals surface area (Å²) in [7, 11) is 0. The summed E-state index contributed by atoms with van der Waals surface area (Å²) in [4.78, 5) is 27.7. The van der Waals surface area contributed by atoms with Gasteiger partial charge >= 0.3 is 0 Å². The zero-order chi connectivity index (χ0) is 22.9. The molecule has 0 atom stereocenters. The standard InChI is InChI=1S/C24H15N3O6/c28-19-13-14(9-10-16(19)24-26-17-6-2-4-8-21(17)33-24)25-23(29)22-12-11-20(32-22)15-5-1-3-7-18(15)27(30)31/h1-13,28H,(H,25,29). The van der Waals surface area contributed by atoms with Crippen molar-refractivity contribution in [3.8, 4) is 28.5 Å². The van der Waals surface area contributed by atoms with Gasteiger partial charge in [-0.15, -0.1) is 0 Å². The number of aromatic nitrogens is 1. The molecule has 2 N–H and O–H groups in total. The number of fused-ring (bicyclic) bond motifs is 1. The molecule has 5 rings (SSSR count). The second kappa shape index (κ2) is 7.97. The van der Waals surface area contributed by atoms with Crippen molar-refractivity contribution in [1.82, 2.24) is 4.98 Å². The number of rotatable bonds is 5. The molecule has 5 aromatic rings. The van der Waals surface area contributed by atoms with E-state index in [-0.39, 0.29) is 34.4 Å². The minimum Gasteiger partial charge on any atom is -0.507 e. The molecule has 33 heavy (non-hydrogen) atoms. The van der Waals surface area contributed by atoms with Gasteiger partial charge < -0.3 is 19.3 Å². The third kappa shape index (κ3) is 3.79. The lowest BCUT2D eigenvalue weighted by molar-refractivity contribution is -0.384. The van der Waals surface area contributed by atoms with Crippen LogP contribution in [0.4, 0.5) is 11.4 Å². The van der Waals surface area contributed by atoms with Gasteiger partial charge in [0.25, 0.3) is 11.6 Å². The van der Waals surface area contributed by atoms with Crippen molar-refractivity contribution in [3.63, 3.8) is 0 Å². The Morgan fingerprint density at radius 2 is 1.73 bits per heavy atom. The summed E-state index contributed by atoms with van der Waals surface area (Å²) >= 11 is 0. The maximum absolute atomic E-state index is 12.6. The Hall–Kier alpha value is -4.92. The van der Waals surface area contributed by atoms with E-state index in [1.54, 1.807) is 42.5 Å². The smallest absolute Gasteiger partial charge is 0.291 e. The van der Waals surface area contributed by atoms with Crippen molar-refractivity contribution in [2.24, 2.45) is 0 Å². The normalized spacial score (nSPS) is 10.9. The number of phenolic OH excluding ortho intramolecular Hbond substituents is 1. The van der Waals surface area contributed by atoms with Crippen LogP contribution in [-0.2, 0) is 0 Å². The number of para-hydroxylation sites is 3. The molecule has 0 aliphatic carbocycles. The Bertz CT molecular complexity index is 1480. The van der Waals surface area contributed by atoms with E-state index < -0.39 is 10.8 Å². The van der Waals surface area contributed by atoms with Crippen LogP contribution in [0.25, 0.3) is 33.9 Å². The van der Waals surface area contributed by atoms with Gasteiger partial charge in [0.15, 0.2) is 11.3 Å². The highest BCUT2D eigenvalue weighted by molar-refractivity contribution is 6.03. The topological polar surface area (TPSA) is 132 Å². The van der Waals surface area contributed by atoms with Crippen molar-refractivity contribution in [2.45, 2.75) is 0 Å². The number of benzene rings is 3. The summed E-state index contributed by atoms with van der Waals surface area (Å²) in [6.07, 6.45) is 0. The summed E-state index contributed by atoms with van der Waals surface area (Å²) in [5.74, 6) is -0.285. The summed E-state index contributed by atoms with van der Waals surface area (Å²) in [6.45, 7) is 0. The third-order valence-electron chi connectivity index (χ3n) is 4.98. The minimum atomic E-state index is -0.575. The molecule has 162 valence electrons. The quantitative estimate of drug-likeness (QED) is 0.267. The number of phenols is 1. The maximum Gasteiger partial charge on any atom is 0.291 e. The number of nitro groups is 1. The molecule has 0 fully saturated rings. The number of nitro benzene ring substituents is 1. The SMILES string of the molecule is O=C(Nc1ccc(-c2nc3ccccc3o2)c(O)c1)c1ccc(-c2ccccc2[N+](=O)[O-])o1. The number of carbonyl (C=O) groups is 1. The van der Waals surface area contributed by atoms with Crippen molar-refractivity contribution < 1.29 is 23.7 Å². The number of furan rings is 1. The highest BCUT2D eigenvalue weighted by Crippen LogP contribution is 2.34. The van der Waals surface area contributed by atoms with Gasteiger partial charge in [-0.25, -0.2) is 4.98 Å². The molecule has 9 nitrogen and oxygen atoms in total. The number of nitrogens with one attached hydrogen (secondary N) is 1. The van der Waals surface area contributed by atoms with E-state index in [9.17, 15) is 20.0 Å². The lowest BCUT2D eigenvalue weighted by atomic mass is 10.1. The summed E-state index contributed by atoms with van der Waals surface area (Å²) in [5.41, 5.74) is 2.09. The Morgan fingerprint density at radius 1 is 0.939 bits per heavy atom. The van der Waals surface area contributed by atoms with Crippen molar-refractivity contribution in [1.29, 1.82) is 0 Å². The average Bonchev–Trinajstić information content (AvgIpc) is 3.46. The molecule has 1 amide bonds. The molecule has 0 bridgehead atoms. The first kappa shape index (κ1) is 20.0. The molecule has 2 aromatic heterocycles. The van der Waals surface area contributed by atoms with Crippen LogP contribution < -0.4 is 5.32 Å². The highest BCUT2D eigenvalue weighted by Gasteiger charge is 2.20. The van der Waals surface area contributed by atoms with Gasteiger partial charge in [-0.3, -0.25) is 14.9 Å². The van der Waals surface area contributed by atoms with Gasteiger partial charge in [0.2, 0.25) is 5.89 Å². The number of amides is 1. The zero-order valence-corrected chi connectivity index (χ0v) is 16.9. The summed E-state index contributed by atoms with van der Waals surface area (Å²) < 4.78 is 11.2. The number of nitrogens with zero attached hydrogens (tertiary/aromatic N) is 2. The molecule has 2 heterocycles. The second-order valence-electron chi connectivity index (χ2n) is 7.11. The molecular formula is C24H15N3O6. The van der Waals surface area contributed by atoms with Crippen LogP contribution in [0.1, 0.15) is 10.6 Å². The fourth-order valence-electron chi connectivity index (χ4n) is 3.42. The first-order valence-corrected chi connectivity index (χ1v) is 9.83. The van der Waals surface area contributed by atoms with Crippen LogP contribution in [0, 0.1) is 10.1 Å². The van der Waals surface area contributed by atoms with Crippen LogP contribution >= 0.6 is 0 Å². The van der Waals surface area contributed by atoms with Crippen LogP contribution in [-0.4, -0.2) is 20.9 Å². The zero-order valence-electron chi connectivity index (χ0n) is 16.9. The molecular weight excluding hydrogens is 426 g/mol. The molecule has 0 saturated heterocycles. The molecule has 9 heteroatoms. The Morgan fingerprint density at radius 3 is 2.52 bits per heavy atom. The van der Waals surface area contributed by atoms with E-state index in [4.69, 9.17) is 8.83 Å². The summed E-state index contributed by atoms with van der Waals surface area (Å²) in [5, 5.41) is 24.3. The summed E-state index contributed by atoms with van der Waals surface area (Å²) in [6, 6.07) is 20.8. The molecule has 0 radical (unpaired) electrons. The van der Waals surface area contributed by atoms with E-state index in [1.807, 2.05) is 12.1 Å². The minimum absolute atomic E-state index is 0.0364. The Kier molecular flexibility index (Phi) is 4.83. The predicted octanol–water partition coefficient (Wildman–Crippen LogP) is 5.62. The third-order valence-corrected chi connectivity index (χ3v) is 4.98. The van der Waals surface area contributed by atoms with Gasteiger partial charge in [0.1, 0.15) is 17.0 Å². The van der Waals surface area contributed by atoms with Gasteiger partial charge in [0, 0.05) is 17.8 Å². The number of hydrogen-bond acceptors (Lipinski definition) is 7. The van der Waals surface area contributed by atoms with E-state index in [0.29, 0.717) is 22.4 Å². The first-order valence-electron chi connectivity index (χ1n) is 9.83. The molecule has 0 spiro atoms. The van der Waals surface area contributed by atoms with E-state index in [1.165, 1.54) is 24.3 Å². The van der Waals surface area contributed by atoms with Crippen LogP contribution in [0.3, 0.4) is 0 Å². The fourth-order valence-corrected chi connectivity index (χ4v) is 3.42. The largest absolute Gasteiger partial charge is 0.507 e. The number of oxazole rings is 1. The second-order valence-corrected chi connectivity index (χ2v) is 7.11. The number of aromatic hydroxyl groups is 1. The number of hydrogen-bond donors (Lipinski definition) is 2. The van der Waals surface area contributed by atoms with Crippen LogP contribution in [0.2, 0.25) is 0 Å². The maximum atomic E-state index is 12.6. The Labute approximate surface area is 186 Å². The van der Waals surface area contributed by atoms with Gasteiger partial charge in [-0.05, 0) is 42.5 Å². The molecule has 0 unspecified atom stereocenters. The molecule has 3 aromatic carbocycles. The molecule has 0 aliphatic heterocycles. The van der Waals surface area contributed by atoms with E-state index >= 15 is 0 Å². The number of carbonyl (C=O) groups excluding carboxylic acids is 1. The lowest BCUT2D eigenvalue weighted by Gasteiger charge is -2.06. The van der Waals surface area contributed by atoms with Gasteiger partial charge in [0.05, 0.1) is 16.1 Å². The predicted molar refractivity (Wildman–Crippen MR) is 120 cm³/mol. The van der Waals surface area contributed by atoms with Crippen LogP contribution in [0.5, 0.6) is 5.75 Å². The molecule has 0 saturated carbocycles. The van der Waals surface area contributed by atoms with Gasteiger partial charge in [-0.1, -0.05) is 24.3 Å². The van der Waals surface area contributed by atoms with Gasteiger partial charge in [-0.2, -0.15) is 0 Å². The van der Waals surface area contributed by atoms with Crippen LogP contribution in [0.15, 0.2) is 87.7 Å². The van der Waals surface area contributed by atoms with E-state index in [0.717, 1.165) is 0 Å². The Balaban J connectivity index is 1.37. The lowest BCUT2D eigenvalue weighted by Crippen LogP contribution is -2.10. The van der Waals surface area contributed by atoms with Crippen molar-refractivity contribution in [3.05, 3.63) is 94.7 Å². The van der Waals surface area contributed by atoms with E-state index in [2.05, 4.69) is 10.3 Å². The van der Waals surface area contributed by atoms with Crippen molar-refractivity contribution >= 4 is 28.4 Å². The molecule has 0 aliphatic rings. The monoisotopic (exact) mass is 441 g/mol.